The first kappa shape index (κ1) is 10.1. The zero-order chi connectivity index (χ0) is 11.2. The smallest absolute Gasteiger partial charge is 0.221 e. The molecule has 2 rings (SSSR count). The van der Waals surface area contributed by atoms with Crippen LogP contribution in [0.25, 0.3) is 0 Å². The van der Waals surface area contributed by atoms with E-state index in [9.17, 15) is 8.42 Å². The van der Waals surface area contributed by atoms with Crippen LogP contribution in [0.5, 0.6) is 0 Å². The van der Waals surface area contributed by atoms with Crippen molar-refractivity contribution in [3.63, 3.8) is 0 Å². The molecule has 1 aliphatic heterocycles. The van der Waals surface area contributed by atoms with Crippen LogP contribution >= 0.6 is 0 Å². The number of hydrogen-bond acceptors (Lipinski definition) is 3. The van der Waals surface area contributed by atoms with Crippen LogP contribution in [0.3, 0.4) is 0 Å². The lowest BCUT2D eigenvalue weighted by Gasteiger charge is -2.11. The normalized spacial score (nSPS) is 19.7. The van der Waals surface area contributed by atoms with E-state index in [1.165, 1.54) is 0 Å². The zero-order valence-corrected chi connectivity index (χ0v) is 9.64. The highest BCUT2D eigenvalue weighted by molar-refractivity contribution is 7.73. The van der Waals surface area contributed by atoms with Crippen LogP contribution in [0, 0.1) is 0 Å². The Morgan fingerprint density at radius 2 is 1.73 bits per heavy atom. The van der Waals surface area contributed by atoms with Gasteiger partial charge in [-0.3, -0.25) is 4.99 Å². The Morgan fingerprint density at radius 1 is 1.07 bits per heavy atom. The van der Waals surface area contributed by atoms with Gasteiger partial charge in [0.15, 0.2) is 0 Å². The Labute approximate surface area is 90.1 Å². The van der Waals surface area contributed by atoms with Crippen LogP contribution in [-0.2, 0) is 10.3 Å². The first-order valence-electron chi connectivity index (χ1n) is 4.65. The Kier molecular flexibility index (Phi) is 2.23. The molecule has 0 unspecified atom stereocenters. The molecular formula is C11H11NO2S. The first-order chi connectivity index (χ1) is 7.02. The molecule has 0 fully saturated rings. The Hall–Kier alpha value is -1.42. The van der Waals surface area contributed by atoms with Gasteiger partial charge in [-0.25, -0.2) is 0 Å². The second kappa shape index (κ2) is 3.31. The molecule has 3 nitrogen and oxygen atoms in total. The van der Waals surface area contributed by atoms with Gasteiger partial charge in [0.05, 0.1) is 10.6 Å². The molecule has 4 heteroatoms. The van der Waals surface area contributed by atoms with Crippen LogP contribution in [0.2, 0.25) is 0 Å². The number of fused-ring (bicyclic) bond motifs is 1. The van der Waals surface area contributed by atoms with Gasteiger partial charge in [-0.2, -0.15) is 8.42 Å². The maximum absolute atomic E-state index is 11.0. The fraction of sp³-hybridized carbons (Fsp3) is 0.273. The van der Waals surface area contributed by atoms with E-state index in [0.717, 1.165) is 28.1 Å². The fourth-order valence-corrected chi connectivity index (χ4v) is 2.40. The van der Waals surface area contributed by atoms with E-state index in [2.05, 4.69) is 4.99 Å². The third-order valence-electron chi connectivity index (χ3n) is 2.78. The van der Waals surface area contributed by atoms with Crippen LogP contribution in [0.1, 0.15) is 20.8 Å². The van der Waals surface area contributed by atoms with Crippen LogP contribution in [0.15, 0.2) is 39.6 Å². The zero-order valence-electron chi connectivity index (χ0n) is 8.83. The minimum atomic E-state index is -2.17. The highest BCUT2D eigenvalue weighted by atomic mass is 32.2. The van der Waals surface area contributed by atoms with Gasteiger partial charge < -0.3 is 0 Å². The predicted molar refractivity (Wildman–Crippen MR) is 61.6 cm³/mol. The lowest BCUT2D eigenvalue weighted by molar-refractivity contribution is 0.627. The molecule has 0 amide bonds. The lowest BCUT2D eigenvalue weighted by Crippen LogP contribution is -2.12. The summed E-state index contributed by atoms with van der Waals surface area (Å²) < 4.78 is 21.9. The molecule has 78 valence electrons. The third-order valence-corrected chi connectivity index (χ3v) is 3.58. The molecule has 2 aliphatic rings. The van der Waals surface area contributed by atoms with Crippen molar-refractivity contribution in [1.29, 1.82) is 0 Å². The van der Waals surface area contributed by atoms with Crippen molar-refractivity contribution in [3.05, 3.63) is 34.6 Å². The molecule has 15 heavy (non-hydrogen) atoms. The Bertz CT molecular complexity index is 590. The van der Waals surface area contributed by atoms with E-state index >= 15 is 0 Å². The maximum Gasteiger partial charge on any atom is 0.221 e. The summed E-state index contributed by atoms with van der Waals surface area (Å²) in [5, 5.41) is 0. The van der Waals surface area contributed by atoms with Gasteiger partial charge in [0.25, 0.3) is 0 Å². The Balaban J connectivity index is 2.77. The second-order valence-corrected chi connectivity index (χ2v) is 4.55. The number of aliphatic imine (C=N–C) groups is 1. The molecule has 0 radical (unpaired) electrons. The van der Waals surface area contributed by atoms with Crippen LogP contribution in [-0.4, -0.2) is 19.0 Å². The number of nitrogens with zero attached hydrogens (tertiary/aromatic N) is 1. The lowest BCUT2D eigenvalue weighted by atomic mass is 9.92. The van der Waals surface area contributed by atoms with Crippen molar-refractivity contribution in [2.45, 2.75) is 20.8 Å². The van der Waals surface area contributed by atoms with Crippen molar-refractivity contribution in [2.24, 2.45) is 4.99 Å². The average molecular weight is 221 g/mol. The summed E-state index contributed by atoms with van der Waals surface area (Å²) in [7, 11) is -2.17. The summed E-state index contributed by atoms with van der Waals surface area (Å²) >= 11 is 0. The summed E-state index contributed by atoms with van der Waals surface area (Å²) in [4.78, 5) is 4.73. The standard InChI is InChI=1S/C11H11NO2S/c1-6-8(3)12-9-4-5-10(15(13)14)7(2)11(6)9/h4-5H,1-3H3. The van der Waals surface area contributed by atoms with Gasteiger partial charge in [0.2, 0.25) is 10.3 Å². The molecule has 0 saturated carbocycles. The highest BCUT2D eigenvalue weighted by Gasteiger charge is 2.23. The molecular weight excluding hydrogens is 210 g/mol. The van der Waals surface area contributed by atoms with Crippen molar-refractivity contribution in [3.8, 4) is 0 Å². The van der Waals surface area contributed by atoms with Crippen molar-refractivity contribution in [1.82, 2.24) is 0 Å². The van der Waals surface area contributed by atoms with E-state index in [0.29, 0.717) is 4.86 Å². The van der Waals surface area contributed by atoms with Gasteiger partial charge >= 0.3 is 0 Å². The van der Waals surface area contributed by atoms with E-state index in [4.69, 9.17) is 0 Å². The van der Waals surface area contributed by atoms with E-state index in [1.54, 1.807) is 12.2 Å². The largest absolute Gasteiger partial charge is 0.253 e. The molecule has 0 aromatic heterocycles. The number of rotatable bonds is 0. The third kappa shape index (κ3) is 1.41. The van der Waals surface area contributed by atoms with Gasteiger partial charge in [0.1, 0.15) is 0 Å². The second-order valence-electron chi connectivity index (χ2n) is 3.64. The maximum atomic E-state index is 11.0. The van der Waals surface area contributed by atoms with Crippen LogP contribution < -0.4 is 0 Å². The van der Waals surface area contributed by atoms with Gasteiger partial charge in [-0.1, -0.05) is 0 Å². The molecule has 0 bridgehead atoms. The van der Waals surface area contributed by atoms with Gasteiger partial charge in [-0.05, 0) is 44.1 Å². The molecule has 0 saturated heterocycles. The molecule has 1 heterocycles. The molecule has 0 aromatic rings. The quantitative estimate of drug-likeness (QED) is 0.584. The minimum absolute atomic E-state index is 0.359. The predicted octanol–water partition coefficient (Wildman–Crippen LogP) is 1.67. The summed E-state index contributed by atoms with van der Waals surface area (Å²) in [6.45, 7) is 5.72. The van der Waals surface area contributed by atoms with Gasteiger partial charge in [-0.15, -0.1) is 0 Å². The topological polar surface area (TPSA) is 46.5 Å². The summed E-state index contributed by atoms with van der Waals surface area (Å²) in [6, 6.07) is 0. The fourth-order valence-electron chi connectivity index (χ4n) is 1.87. The summed E-state index contributed by atoms with van der Waals surface area (Å²) in [6.07, 6.45) is 3.36. The monoisotopic (exact) mass is 221 g/mol. The first-order valence-corrected chi connectivity index (χ1v) is 5.72. The molecule has 1 aliphatic carbocycles. The molecule has 0 N–H and O–H groups in total. The van der Waals surface area contributed by atoms with Crippen molar-refractivity contribution >= 4 is 20.9 Å². The van der Waals surface area contributed by atoms with Crippen molar-refractivity contribution < 1.29 is 8.42 Å². The SMILES string of the molecule is CC1=C(C)C2=C(C)C(=S(=O)=O)C=CC2=N1. The highest BCUT2D eigenvalue weighted by Crippen LogP contribution is 2.30. The Morgan fingerprint density at radius 3 is 2.33 bits per heavy atom. The van der Waals surface area contributed by atoms with Crippen molar-refractivity contribution in [2.75, 3.05) is 0 Å². The van der Waals surface area contributed by atoms with Crippen LogP contribution in [0.4, 0.5) is 0 Å². The number of allylic oxidation sites excluding steroid dienone is 6. The number of hydrogen-bond donors (Lipinski definition) is 0. The molecule has 0 atom stereocenters. The van der Waals surface area contributed by atoms with Gasteiger partial charge in [0, 0.05) is 11.3 Å². The molecule has 0 spiro atoms. The van der Waals surface area contributed by atoms with E-state index in [1.807, 2.05) is 20.8 Å². The average Bonchev–Trinajstić information content (AvgIpc) is 2.43. The summed E-state index contributed by atoms with van der Waals surface area (Å²) in [5.74, 6) is 0. The minimum Gasteiger partial charge on any atom is -0.253 e. The summed E-state index contributed by atoms with van der Waals surface area (Å²) in [5.41, 5.74) is 4.65. The molecule has 0 aromatic carbocycles. The van der Waals surface area contributed by atoms with E-state index in [-0.39, 0.29) is 0 Å². The van der Waals surface area contributed by atoms with E-state index < -0.39 is 10.3 Å².